The summed E-state index contributed by atoms with van der Waals surface area (Å²) in [5, 5.41) is 9.16. The SMILES string of the molecule is CCOc1cc(C)c(Cl)cc1C(CC)Cc1cn(CC)nn1. The van der Waals surface area contributed by atoms with E-state index in [1.54, 1.807) is 0 Å². The minimum atomic E-state index is 0.321. The molecule has 0 radical (unpaired) electrons. The van der Waals surface area contributed by atoms with Gasteiger partial charge >= 0.3 is 0 Å². The van der Waals surface area contributed by atoms with Crippen LogP contribution in [-0.4, -0.2) is 21.6 Å². The molecule has 0 aliphatic rings. The van der Waals surface area contributed by atoms with Gasteiger partial charge in [0.05, 0.1) is 12.3 Å². The van der Waals surface area contributed by atoms with Gasteiger partial charge in [-0.1, -0.05) is 23.7 Å². The summed E-state index contributed by atoms with van der Waals surface area (Å²) in [5.74, 6) is 1.25. The van der Waals surface area contributed by atoms with Crippen molar-refractivity contribution >= 4 is 11.6 Å². The van der Waals surface area contributed by atoms with Gasteiger partial charge in [-0.2, -0.15) is 0 Å². The second-order valence-electron chi connectivity index (χ2n) is 5.45. The molecule has 0 spiro atoms. The molecule has 0 amide bonds. The van der Waals surface area contributed by atoms with Gasteiger partial charge in [0.15, 0.2) is 0 Å². The molecule has 1 aromatic heterocycles. The molecule has 120 valence electrons. The molecule has 2 rings (SSSR count). The zero-order chi connectivity index (χ0) is 16.1. The third-order valence-electron chi connectivity index (χ3n) is 3.89. The lowest BCUT2D eigenvalue weighted by molar-refractivity contribution is 0.333. The first-order chi connectivity index (χ1) is 10.6. The lowest BCUT2D eigenvalue weighted by Gasteiger charge is -2.19. The number of hydrogen-bond acceptors (Lipinski definition) is 3. The van der Waals surface area contributed by atoms with Crippen LogP contribution in [0.15, 0.2) is 18.3 Å². The predicted octanol–water partition coefficient (Wildman–Crippen LogP) is 4.39. The fourth-order valence-electron chi connectivity index (χ4n) is 2.58. The van der Waals surface area contributed by atoms with Crippen LogP contribution >= 0.6 is 11.6 Å². The molecule has 22 heavy (non-hydrogen) atoms. The molecule has 0 N–H and O–H groups in total. The molecule has 0 saturated carbocycles. The first kappa shape index (κ1) is 16.8. The van der Waals surface area contributed by atoms with E-state index in [1.165, 1.54) is 0 Å². The summed E-state index contributed by atoms with van der Waals surface area (Å²) in [7, 11) is 0. The van der Waals surface area contributed by atoms with Gasteiger partial charge in [0, 0.05) is 24.2 Å². The highest BCUT2D eigenvalue weighted by atomic mass is 35.5. The van der Waals surface area contributed by atoms with E-state index in [0.717, 1.165) is 47.0 Å². The quantitative estimate of drug-likeness (QED) is 0.759. The molecule has 4 nitrogen and oxygen atoms in total. The molecule has 1 unspecified atom stereocenters. The molecule has 0 aliphatic heterocycles. The Morgan fingerprint density at radius 3 is 2.64 bits per heavy atom. The van der Waals surface area contributed by atoms with Gasteiger partial charge in [-0.25, -0.2) is 0 Å². The van der Waals surface area contributed by atoms with Crippen molar-refractivity contribution in [3.8, 4) is 5.75 Å². The predicted molar refractivity (Wildman–Crippen MR) is 89.8 cm³/mol. The van der Waals surface area contributed by atoms with E-state index in [0.29, 0.717) is 12.5 Å². The highest BCUT2D eigenvalue weighted by molar-refractivity contribution is 6.31. The number of aryl methyl sites for hydroxylation is 2. The van der Waals surface area contributed by atoms with Crippen molar-refractivity contribution in [3.63, 3.8) is 0 Å². The number of ether oxygens (including phenoxy) is 1. The van der Waals surface area contributed by atoms with Crippen LogP contribution in [0.5, 0.6) is 5.75 Å². The van der Waals surface area contributed by atoms with Crippen LogP contribution in [0.25, 0.3) is 0 Å². The number of hydrogen-bond donors (Lipinski definition) is 0. The molecule has 5 heteroatoms. The number of aromatic nitrogens is 3. The number of nitrogens with zero attached hydrogens (tertiary/aromatic N) is 3. The summed E-state index contributed by atoms with van der Waals surface area (Å²) >= 11 is 6.33. The molecule has 0 bridgehead atoms. The van der Waals surface area contributed by atoms with Gasteiger partial charge in [-0.3, -0.25) is 4.68 Å². The molecule has 1 atom stereocenters. The average molecular weight is 322 g/mol. The zero-order valence-electron chi connectivity index (χ0n) is 13.8. The third-order valence-corrected chi connectivity index (χ3v) is 4.30. The summed E-state index contributed by atoms with van der Waals surface area (Å²) in [5.41, 5.74) is 3.21. The normalized spacial score (nSPS) is 12.4. The van der Waals surface area contributed by atoms with E-state index in [4.69, 9.17) is 16.3 Å². The molecular weight excluding hydrogens is 298 g/mol. The zero-order valence-corrected chi connectivity index (χ0v) is 14.5. The van der Waals surface area contributed by atoms with Crippen LogP contribution in [-0.2, 0) is 13.0 Å². The maximum absolute atomic E-state index is 6.33. The number of rotatable bonds is 7. The number of halogens is 1. The van der Waals surface area contributed by atoms with Crippen molar-refractivity contribution in [2.45, 2.75) is 53.0 Å². The molecule has 1 aromatic carbocycles. The standard InChI is InChI=1S/C17H24ClN3O/c1-5-13(9-14-11-21(6-2)20-19-14)15-10-16(18)12(4)8-17(15)22-7-3/h8,10-11,13H,5-7,9H2,1-4H3. The van der Waals surface area contributed by atoms with Crippen LogP contribution < -0.4 is 4.74 Å². The third kappa shape index (κ3) is 3.80. The maximum atomic E-state index is 6.33. The maximum Gasteiger partial charge on any atom is 0.123 e. The summed E-state index contributed by atoms with van der Waals surface area (Å²) in [6.07, 6.45) is 3.85. The van der Waals surface area contributed by atoms with Crippen LogP contribution in [0.2, 0.25) is 5.02 Å². The summed E-state index contributed by atoms with van der Waals surface area (Å²) in [6, 6.07) is 4.08. The van der Waals surface area contributed by atoms with Gasteiger partial charge < -0.3 is 4.74 Å². The summed E-state index contributed by atoms with van der Waals surface area (Å²) in [4.78, 5) is 0. The number of benzene rings is 1. The van der Waals surface area contributed by atoms with Gasteiger partial charge in [-0.05, 0) is 56.4 Å². The van der Waals surface area contributed by atoms with Crippen LogP contribution in [0.4, 0.5) is 0 Å². The van der Waals surface area contributed by atoms with Gasteiger partial charge in [0.25, 0.3) is 0 Å². The van der Waals surface area contributed by atoms with E-state index in [1.807, 2.05) is 36.9 Å². The Bertz CT molecular complexity index is 624. The molecular formula is C17H24ClN3O. The van der Waals surface area contributed by atoms with Crippen molar-refractivity contribution in [3.05, 3.63) is 40.2 Å². The fourth-order valence-corrected chi connectivity index (χ4v) is 2.76. The van der Waals surface area contributed by atoms with Crippen molar-refractivity contribution in [1.82, 2.24) is 15.0 Å². The van der Waals surface area contributed by atoms with E-state index in [9.17, 15) is 0 Å². The molecule has 0 aliphatic carbocycles. The summed E-state index contributed by atoms with van der Waals surface area (Å²) < 4.78 is 7.67. The smallest absolute Gasteiger partial charge is 0.123 e. The lowest BCUT2D eigenvalue weighted by atomic mass is 9.90. The first-order valence-corrected chi connectivity index (χ1v) is 8.28. The molecule has 2 aromatic rings. The minimum absolute atomic E-state index is 0.321. The Hall–Kier alpha value is -1.55. The van der Waals surface area contributed by atoms with Gasteiger partial charge in [-0.15, -0.1) is 5.10 Å². The fraction of sp³-hybridized carbons (Fsp3) is 0.529. The largest absolute Gasteiger partial charge is 0.494 e. The van der Waals surface area contributed by atoms with Crippen LogP contribution in [0, 0.1) is 6.92 Å². The van der Waals surface area contributed by atoms with E-state index in [2.05, 4.69) is 24.2 Å². The Labute approximate surface area is 137 Å². The molecule has 1 heterocycles. The van der Waals surface area contributed by atoms with Crippen molar-refractivity contribution < 1.29 is 4.74 Å². The average Bonchev–Trinajstić information content (AvgIpc) is 2.96. The van der Waals surface area contributed by atoms with Crippen LogP contribution in [0.1, 0.15) is 49.9 Å². The lowest BCUT2D eigenvalue weighted by Crippen LogP contribution is -2.06. The molecule has 0 fully saturated rings. The van der Waals surface area contributed by atoms with Crippen molar-refractivity contribution in [2.24, 2.45) is 0 Å². The minimum Gasteiger partial charge on any atom is -0.494 e. The van der Waals surface area contributed by atoms with E-state index < -0.39 is 0 Å². The second-order valence-corrected chi connectivity index (χ2v) is 5.85. The van der Waals surface area contributed by atoms with E-state index >= 15 is 0 Å². The Morgan fingerprint density at radius 2 is 2.05 bits per heavy atom. The van der Waals surface area contributed by atoms with Gasteiger partial charge in [0.1, 0.15) is 5.75 Å². The Balaban J connectivity index is 2.31. The molecule has 0 saturated heterocycles. The summed E-state index contributed by atoms with van der Waals surface area (Å²) in [6.45, 7) is 9.73. The second kappa shape index (κ2) is 7.63. The Morgan fingerprint density at radius 1 is 1.27 bits per heavy atom. The highest BCUT2D eigenvalue weighted by Gasteiger charge is 2.18. The highest BCUT2D eigenvalue weighted by Crippen LogP contribution is 2.35. The first-order valence-electron chi connectivity index (χ1n) is 7.90. The van der Waals surface area contributed by atoms with E-state index in [-0.39, 0.29) is 0 Å². The Kier molecular flexibility index (Phi) is 5.83. The van der Waals surface area contributed by atoms with Gasteiger partial charge in [0.2, 0.25) is 0 Å². The monoisotopic (exact) mass is 321 g/mol. The van der Waals surface area contributed by atoms with Crippen LogP contribution in [0.3, 0.4) is 0 Å². The van der Waals surface area contributed by atoms with Crippen molar-refractivity contribution in [2.75, 3.05) is 6.61 Å². The topological polar surface area (TPSA) is 39.9 Å². The van der Waals surface area contributed by atoms with Crippen molar-refractivity contribution in [1.29, 1.82) is 0 Å².